The summed E-state index contributed by atoms with van der Waals surface area (Å²) in [5, 5.41) is 0. The van der Waals surface area contributed by atoms with Crippen molar-refractivity contribution in [2.45, 2.75) is 31.8 Å². The van der Waals surface area contributed by atoms with Crippen molar-refractivity contribution in [1.82, 2.24) is 0 Å². The van der Waals surface area contributed by atoms with Gasteiger partial charge in [0.15, 0.2) is 17.3 Å². The van der Waals surface area contributed by atoms with Crippen molar-refractivity contribution in [2.75, 3.05) is 4.90 Å². The summed E-state index contributed by atoms with van der Waals surface area (Å²) < 4.78 is 0. The molecule has 3 aromatic carbocycles. The first kappa shape index (κ1) is 19.9. The van der Waals surface area contributed by atoms with Gasteiger partial charge in [0, 0.05) is 22.7 Å². The number of anilines is 1. The van der Waals surface area contributed by atoms with Crippen molar-refractivity contribution in [3.05, 3.63) is 107 Å². The van der Waals surface area contributed by atoms with Crippen LogP contribution in [-0.2, 0) is 4.79 Å². The first-order valence-corrected chi connectivity index (χ1v) is 11.3. The zero-order chi connectivity index (χ0) is 22.9. The summed E-state index contributed by atoms with van der Waals surface area (Å²) in [5.41, 5.74) is 3.36. The smallest absolute Gasteiger partial charge is 0.180 e. The topological polar surface area (TPSA) is 54.5 Å². The third-order valence-corrected chi connectivity index (χ3v) is 7.53. The molecule has 0 N–H and O–H groups in total. The number of Topliss-reactive ketones (excluding diaryl/α,β-unsaturated/α-hetero) is 3. The van der Waals surface area contributed by atoms with Gasteiger partial charge >= 0.3 is 0 Å². The number of rotatable bonds is 2. The summed E-state index contributed by atoms with van der Waals surface area (Å²) in [4.78, 5) is 43.8. The predicted octanol–water partition coefficient (Wildman–Crippen LogP) is 5.02. The number of hydrogen-bond acceptors (Lipinski definition) is 4. The summed E-state index contributed by atoms with van der Waals surface area (Å²) >= 11 is 0. The summed E-state index contributed by atoms with van der Waals surface area (Å²) in [7, 11) is 0. The Labute approximate surface area is 192 Å². The molecule has 0 radical (unpaired) electrons. The van der Waals surface area contributed by atoms with Crippen LogP contribution in [0.2, 0.25) is 0 Å². The number of fused-ring (bicyclic) bond motifs is 5. The third-order valence-electron chi connectivity index (χ3n) is 7.53. The van der Waals surface area contributed by atoms with E-state index in [1.807, 2.05) is 66.4 Å². The minimum absolute atomic E-state index is 0.0518. The molecule has 1 saturated heterocycles. The van der Waals surface area contributed by atoms with E-state index in [2.05, 4.69) is 6.07 Å². The molecule has 1 aliphatic carbocycles. The van der Waals surface area contributed by atoms with E-state index >= 15 is 0 Å². The Morgan fingerprint density at radius 1 is 0.879 bits per heavy atom. The van der Waals surface area contributed by atoms with Gasteiger partial charge in [0.2, 0.25) is 0 Å². The molecule has 0 aromatic heterocycles. The van der Waals surface area contributed by atoms with Crippen molar-refractivity contribution < 1.29 is 14.4 Å². The number of ketones is 3. The van der Waals surface area contributed by atoms with Gasteiger partial charge in [0.25, 0.3) is 0 Å². The van der Waals surface area contributed by atoms with Crippen LogP contribution in [0.15, 0.2) is 78.9 Å². The van der Waals surface area contributed by atoms with Crippen LogP contribution in [0.1, 0.15) is 50.2 Å². The highest BCUT2D eigenvalue weighted by Gasteiger charge is 2.71. The maximum atomic E-state index is 14.2. The van der Waals surface area contributed by atoms with Crippen LogP contribution in [0.3, 0.4) is 0 Å². The fraction of sp³-hybridized carbons (Fsp3) is 0.207. The molecule has 2 aliphatic heterocycles. The standard InChI is InChI=1S/C29H23NO3/c1-17-12-14-23-20(16-17)13-15-24-29(27(32)21-10-6-7-11-22(21)28(29)33)25(19-8-4-3-5-9-19)26(18(2)31)30(23)24/h3-16,24-26H,1-2H3/t24-,25+,26+/m1/s1. The lowest BCUT2D eigenvalue weighted by atomic mass is 9.64. The highest BCUT2D eigenvalue weighted by molar-refractivity contribution is 6.32. The quantitative estimate of drug-likeness (QED) is 0.533. The minimum Gasteiger partial charge on any atom is -0.352 e. The second-order valence-electron chi connectivity index (χ2n) is 9.29. The first-order chi connectivity index (χ1) is 16.0. The molecule has 0 bridgehead atoms. The Bertz CT molecular complexity index is 1340. The monoisotopic (exact) mass is 433 g/mol. The van der Waals surface area contributed by atoms with E-state index in [9.17, 15) is 14.4 Å². The average Bonchev–Trinajstić information content (AvgIpc) is 3.26. The Morgan fingerprint density at radius 2 is 1.52 bits per heavy atom. The van der Waals surface area contributed by atoms with E-state index in [1.54, 1.807) is 31.2 Å². The number of hydrogen-bond donors (Lipinski definition) is 0. The molecule has 4 heteroatoms. The molecule has 3 aliphatic rings. The molecular weight excluding hydrogens is 410 g/mol. The third kappa shape index (κ3) is 2.44. The van der Waals surface area contributed by atoms with E-state index in [-0.39, 0.29) is 17.3 Å². The van der Waals surface area contributed by atoms with E-state index in [0.29, 0.717) is 11.1 Å². The summed E-state index contributed by atoms with van der Waals surface area (Å²) in [5.74, 6) is -1.01. The van der Waals surface area contributed by atoms with Gasteiger partial charge in [0.05, 0.1) is 12.1 Å². The molecule has 0 unspecified atom stereocenters. The maximum Gasteiger partial charge on any atom is 0.180 e. The highest BCUT2D eigenvalue weighted by atomic mass is 16.2. The van der Waals surface area contributed by atoms with Crippen LogP contribution in [-0.4, -0.2) is 29.4 Å². The normalized spacial score (nSPS) is 24.1. The molecule has 162 valence electrons. The van der Waals surface area contributed by atoms with Crippen molar-refractivity contribution in [3.8, 4) is 0 Å². The molecule has 3 atom stereocenters. The van der Waals surface area contributed by atoms with E-state index in [4.69, 9.17) is 0 Å². The summed E-state index contributed by atoms with van der Waals surface area (Å²) in [6, 6.07) is 21.6. The van der Waals surface area contributed by atoms with Crippen LogP contribution >= 0.6 is 0 Å². The van der Waals surface area contributed by atoms with Gasteiger partial charge in [-0.05, 0) is 37.1 Å². The van der Waals surface area contributed by atoms with E-state index < -0.39 is 23.4 Å². The van der Waals surface area contributed by atoms with Gasteiger partial charge in [0.1, 0.15) is 5.41 Å². The van der Waals surface area contributed by atoms with E-state index in [1.165, 1.54) is 0 Å². The van der Waals surface area contributed by atoms with Crippen LogP contribution in [0, 0.1) is 12.3 Å². The molecule has 0 amide bonds. The van der Waals surface area contributed by atoms with Crippen LogP contribution < -0.4 is 4.90 Å². The Kier molecular flexibility index (Phi) is 4.12. The molecular formula is C29H23NO3. The molecule has 3 aromatic rings. The Hall–Kier alpha value is -3.79. The van der Waals surface area contributed by atoms with Crippen LogP contribution in [0.25, 0.3) is 6.08 Å². The van der Waals surface area contributed by atoms with Gasteiger partial charge in [-0.15, -0.1) is 0 Å². The molecule has 2 heterocycles. The van der Waals surface area contributed by atoms with Crippen molar-refractivity contribution in [3.63, 3.8) is 0 Å². The van der Waals surface area contributed by atoms with Gasteiger partial charge in [-0.2, -0.15) is 0 Å². The number of carbonyl (C=O) groups excluding carboxylic acids is 3. The highest BCUT2D eigenvalue weighted by Crippen LogP contribution is 2.60. The zero-order valence-corrected chi connectivity index (χ0v) is 18.5. The average molecular weight is 434 g/mol. The van der Waals surface area contributed by atoms with Gasteiger partial charge < -0.3 is 4.90 Å². The van der Waals surface area contributed by atoms with Gasteiger partial charge in [-0.3, -0.25) is 14.4 Å². The van der Waals surface area contributed by atoms with Gasteiger partial charge in [-0.1, -0.05) is 78.4 Å². The first-order valence-electron chi connectivity index (χ1n) is 11.3. The van der Waals surface area contributed by atoms with Gasteiger partial charge in [-0.25, -0.2) is 0 Å². The lowest BCUT2D eigenvalue weighted by molar-refractivity contribution is -0.118. The lowest BCUT2D eigenvalue weighted by Gasteiger charge is -2.37. The second-order valence-corrected chi connectivity index (χ2v) is 9.29. The number of nitrogens with zero attached hydrogens (tertiary/aromatic N) is 1. The fourth-order valence-corrected chi connectivity index (χ4v) is 6.28. The number of carbonyl (C=O) groups is 3. The minimum atomic E-state index is -1.39. The fourth-order valence-electron chi connectivity index (χ4n) is 6.28. The van der Waals surface area contributed by atoms with Crippen LogP contribution in [0.4, 0.5) is 5.69 Å². The van der Waals surface area contributed by atoms with Crippen molar-refractivity contribution >= 4 is 29.1 Å². The number of aryl methyl sites for hydroxylation is 1. The zero-order valence-electron chi connectivity index (χ0n) is 18.5. The molecule has 33 heavy (non-hydrogen) atoms. The SMILES string of the molecule is CC(=O)[C@H]1[C@H](c2ccccc2)C2(C(=O)c3ccccc3C2=O)[C@H]2C=Cc3cc(C)ccc3N12. The number of benzene rings is 3. The molecule has 1 spiro atoms. The Balaban J connectivity index is 1.68. The largest absolute Gasteiger partial charge is 0.352 e. The van der Waals surface area contributed by atoms with E-state index in [0.717, 1.165) is 22.4 Å². The molecule has 1 fully saturated rings. The Morgan fingerprint density at radius 3 is 2.15 bits per heavy atom. The summed E-state index contributed by atoms with van der Waals surface area (Å²) in [6.45, 7) is 3.60. The summed E-state index contributed by atoms with van der Waals surface area (Å²) in [6.07, 6.45) is 3.96. The van der Waals surface area contributed by atoms with Crippen molar-refractivity contribution in [1.29, 1.82) is 0 Å². The lowest BCUT2D eigenvalue weighted by Crippen LogP contribution is -2.48. The predicted molar refractivity (Wildman–Crippen MR) is 128 cm³/mol. The second kappa shape index (κ2) is 6.85. The maximum absolute atomic E-state index is 14.2. The molecule has 4 nitrogen and oxygen atoms in total. The molecule has 6 rings (SSSR count). The van der Waals surface area contributed by atoms with Crippen LogP contribution in [0.5, 0.6) is 0 Å². The molecule has 0 saturated carbocycles. The van der Waals surface area contributed by atoms with Crippen molar-refractivity contribution in [2.24, 2.45) is 5.41 Å².